The molecule has 0 aromatic rings. The number of hydrogen-bond donors (Lipinski definition) is 3. The van der Waals surface area contributed by atoms with Gasteiger partial charge in [-0.25, -0.2) is 4.79 Å². The lowest BCUT2D eigenvalue weighted by atomic mass is 10.7. The molecule has 0 radical (unpaired) electrons. The first kappa shape index (κ1) is 7.46. The van der Waals surface area contributed by atoms with Gasteiger partial charge in [0.1, 0.15) is 0 Å². The average Bonchev–Trinajstić information content (AvgIpc) is 2.52. The van der Waals surface area contributed by atoms with E-state index in [4.69, 9.17) is 5.73 Å². The molecular weight excluding hydrogens is 144 g/mol. The molecule has 1 heterocycles. The largest absolute Gasteiger partial charge is 0.403 e. The Labute approximate surface area is 64.5 Å². The van der Waals surface area contributed by atoms with Crippen molar-refractivity contribution in [2.75, 3.05) is 6.67 Å². The second-order valence-electron chi connectivity index (χ2n) is 1.96. The van der Waals surface area contributed by atoms with Gasteiger partial charge < -0.3 is 16.4 Å². The van der Waals surface area contributed by atoms with Crippen LogP contribution in [0.3, 0.4) is 0 Å². The molecule has 2 amide bonds. The zero-order valence-electron chi connectivity index (χ0n) is 5.95. The van der Waals surface area contributed by atoms with Crippen LogP contribution in [0.5, 0.6) is 0 Å². The Kier molecular flexibility index (Phi) is 2.37. The van der Waals surface area contributed by atoms with E-state index in [9.17, 15) is 4.79 Å². The number of nitrogens with one attached hydrogen (secondary N) is 2. The quantitative estimate of drug-likeness (QED) is 0.475. The van der Waals surface area contributed by atoms with Gasteiger partial charge in [0.25, 0.3) is 0 Å². The second-order valence-corrected chi connectivity index (χ2v) is 1.96. The average molecular weight is 154 g/mol. The van der Waals surface area contributed by atoms with Gasteiger partial charge in [-0.2, -0.15) is 0 Å². The van der Waals surface area contributed by atoms with E-state index in [1.54, 1.807) is 12.4 Å². The number of carbonyl (C=O) groups excluding carboxylic acids is 1. The molecule has 0 aliphatic carbocycles. The summed E-state index contributed by atoms with van der Waals surface area (Å²) < 4.78 is 0. The summed E-state index contributed by atoms with van der Waals surface area (Å²) in [5.41, 5.74) is 5.03. The first-order chi connectivity index (χ1) is 5.34. The first-order valence-electron chi connectivity index (χ1n) is 3.18. The fourth-order valence-electron chi connectivity index (χ4n) is 0.688. The number of urea groups is 1. The van der Waals surface area contributed by atoms with Crippen molar-refractivity contribution in [3.05, 3.63) is 24.8 Å². The molecule has 0 spiro atoms. The first-order valence-corrected chi connectivity index (χ1v) is 3.18. The molecule has 0 aromatic heterocycles. The molecule has 0 atom stereocenters. The lowest BCUT2D eigenvalue weighted by Crippen LogP contribution is -2.34. The van der Waals surface area contributed by atoms with Crippen LogP contribution in [0.25, 0.3) is 0 Å². The molecule has 0 bridgehead atoms. The molecule has 4 N–H and O–H groups in total. The molecular formula is C6H10N4O. The summed E-state index contributed by atoms with van der Waals surface area (Å²) in [6.45, 7) is 0.504. The van der Waals surface area contributed by atoms with Crippen LogP contribution in [0.1, 0.15) is 0 Å². The Hall–Kier alpha value is -1.65. The minimum absolute atomic E-state index is 0.201. The van der Waals surface area contributed by atoms with E-state index < -0.39 is 0 Å². The summed E-state index contributed by atoms with van der Waals surface area (Å²) in [7, 11) is 0. The fourth-order valence-corrected chi connectivity index (χ4v) is 0.688. The van der Waals surface area contributed by atoms with Gasteiger partial charge in [-0.15, -0.1) is 0 Å². The van der Waals surface area contributed by atoms with Crippen LogP contribution < -0.4 is 16.4 Å². The molecule has 0 unspecified atom stereocenters. The van der Waals surface area contributed by atoms with Crippen LogP contribution in [-0.4, -0.2) is 17.6 Å². The number of hydrogen-bond acceptors (Lipinski definition) is 3. The summed E-state index contributed by atoms with van der Waals surface area (Å²) in [4.78, 5) is 12.5. The number of rotatable bonds is 1. The Morgan fingerprint density at radius 3 is 3.18 bits per heavy atom. The minimum Gasteiger partial charge on any atom is -0.403 e. The Morgan fingerprint density at radius 1 is 1.82 bits per heavy atom. The molecule has 1 aliphatic rings. The molecule has 0 saturated heterocycles. The van der Waals surface area contributed by atoms with Crippen molar-refractivity contribution in [2.24, 2.45) is 5.73 Å². The molecule has 0 aromatic carbocycles. The number of amides is 2. The van der Waals surface area contributed by atoms with Gasteiger partial charge >= 0.3 is 6.03 Å². The third-order valence-electron chi connectivity index (χ3n) is 1.20. The summed E-state index contributed by atoms with van der Waals surface area (Å²) in [6.07, 6.45) is 6.00. The van der Waals surface area contributed by atoms with Gasteiger partial charge in [-0.1, -0.05) is 0 Å². The summed E-state index contributed by atoms with van der Waals surface area (Å²) in [5.74, 6) is 0. The van der Waals surface area contributed by atoms with Gasteiger partial charge in [0.05, 0.1) is 6.67 Å². The summed E-state index contributed by atoms with van der Waals surface area (Å²) >= 11 is 0. The third kappa shape index (κ3) is 1.89. The predicted octanol–water partition coefficient (Wildman–Crippen LogP) is -0.540. The highest BCUT2D eigenvalue weighted by atomic mass is 16.2. The third-order valence-corrected chi connectivity index (χ3v) is 1.20. The molecule has 5 heteroatoms. The Balaban J connectivity index is 2.35. The fraction of sp³-hybridized carbons (Fsp3) is 0.167. The lowest BCUT2D eigenvalue weighted by molar-refractivity contribution is 0.220. The smallest absolute Gasteiger partial charge is 0.326 e. The maximum Gasteiger partial charge on any atom is 0.326 e. The predicted molar refractivity (Wildman–Crippen MR) is 40.8 cm³/mol. The van der Waals surface area contributed by atoms with E-state index in [-0.39, 0.29) is 6.03 Å². The van der Waals surface area contributed by atoms with Crippen LogP contribution >= 0.6 is 0 Å². The normalized spacial score (nSPS) is 15.5. The van der Waals surface area contributed by atoms with Crippen LogP contribution in [0, 0.1) is 0 Å². The lowest BCUT2D eigenvalue weighted by Gasteiger charge is -2.10. The van der Waals surface area contributed by atoms with Crippen molar-refractivity contribution in [1.29, 1.82) is 0 Å². The van der Waals surface area contributed by atoms with Crippen molar-refractivity contribution in [3.63, 3.8) is 0 Å². The zero-order valence-corrected chi connectivity index (χ0v) is 5.95. The van der Waals surface area contributed by atoms with Crippen molar-refractivity contribution < 1.29 is 4.79 Å². The van der Waals surface area contributed by atoms with Gasteiger partial charge in [0.15, 0.2) is 0 Å². The second kappa shape index (κ2) is 3.50. The van der Waals surface area contributed by atoms with Gasteiger partial charge in [0, 0.05) is 24.8 Å². The molecule has 5 nitrogen and oxygen atoms in total. The van der Waals surface area contributed by atoms with Crippen LogP contribution in [-0.2, 0) is 0 Å². The number of carbonyl (C=O) groups is 1. The van der Waals surface area contributed by atoms with E-state index in [1.807, 2.05) is 0 Å². The Bertz CT molecular complexity index is 199. The van der Waals surface area contributed by atoms with Crippen LogP contribution in [0.15, 0.2) is 24.8 Å². The van der Waals surface area contributed by atoms with Crippen LogP contribution in [0.4, 0.5) is 4.79 Å². The SMILES string of the molecule is N/C=C\NC(=O)N1C=CNC1. The number of nitrogens with two attached hydrogens (primary N) is 1. The molecule has 0 fully saturated rings. The molecule has 1 aliphatic heterocycles. The van der Waals surface area contributed by atoms with Gasteiger partial charge in [-0.3, -0.25) is 4.90 Å². The molecule has 60 valence electrons. The van der Waals surface area contributed by atoms with E-state index in [0.29, 0.717) is 6.67 Å². The zero-order chi connectivity index (χ0) is 8.10. The molecule has 11 heavy (non-hydrogen) atoms. The van der Waals surface area contributed by atoms with Crippen molar-refractivity contribution in [2.45, 2.75) is 0 Å². The van der Waals surface area contributed by atoms with Gasteiger partial charge in [0.2, 0.25) is 0 Å². The standard InChI is InChI=1S/C6H10N4O/c7-1-2-9-6(11)10-4-3-8-5-10/h1-4,8H,5,7H2,(H,9,11)/b2-1-. The van der Waals surface area contributed by atoms with Crippen molar-refractivity contribution >= 4 is 6.03 Å². The van der Waals surface area contributed by atoms with Crippen molar-refractivity contribution in [3.8, 4) is 0 Å². The van der Waals surface area contributed by atoms with E-state index >= 15 is 0 Å². The Morgan fingerprint density at radius 2 is 2.64 bits per heavy atom. The minimum atomic E-state index is -0.201. The number of nitrogens with zero attached hydrogens (tertiary/aromatic N) is 1. The van der Waals surface area contributed by atoms with E-state index in [1.165, 1.54) is 17.3 Å². The maximum absolute atomic E-state index is 11.0. The van der Waals surface area contributed by atoms with Crippen LogP contribution in [0.2, 0.25) is 0 Å². The highest BCUT2D eigenvalue weighted by Crippen LogP contribution is 1.93. The molecule has 1 rings (SSSR count). The highest BCUT2D eigenvalue weighted by Gasteiger charge is 2.10. The molecule has 0 saturated carbocycles. The van der Waals surface area contributed by atoms with E-state index in [2.05, 4.69) is 10.6 Å². The van der Waals surface area contributed by atoms with Gasteiger partial charge in [-0.05, 0) is 0 Å². The maximum atomic E-state index is 11.0. The summed E-state index contributed by atoms with van der Waals surface area (Å²) in [6, 6.07) is -0.201. The summed E-state index contributed by atoms with van der Waals surface area (Å²) in [5, 5.41) is 5.32. The van der Waals surface area contributed by atoms with Crippen molar-refractivity contribution in [1.82, 2.24) is 15.5 Å². The monoisotopic (exact) mass is 154 g/mol. The topological polar surface area (TPSA) is 70.4 Å². The van der Waals surface area contributed by atoms with E-state index in [0.717, 1.165) is 0 Å². The highest BCUT2D eigenvalue weighted by molar-refractivity contribution is 5.76.